The number of nitrogens with one attached hydrogen (secondary N) is 1. The molecule has 2 N–H and O–H groups in total. The second-order valence-electron chi connectivity index (χ2n) is 6.97. The first-order chi connectivity index (χ1) is 14.1. The molecule has 0 radical (unpaired) electrons. The van der Waals surface area contributed by atoms with E-state index in [-0.39, 0.29) is 0 Å². The van der Waals surface area contributed by atoms with Crippen LogP contribution in [0.1, 0.15) is 30.5 Å². The van der Waals surface area contributed by atoms with Crippen molar-refractivity contribution in [2.45, 2.75) is 31.5 Å². The van der Waals surface area contributed by atoms with E-state index in [0.29, 0.717) is 6.61 Å². The van der Waals surface area contributed by atoms with Crippen molar-refractivity contribution in [1.82, 2.24) is 5.32 Å². The zero-order valence-electron chi connectivity index (χ0n) is 16.8. The molecule has 0 aliphatic rings. The summed E-state index contributed by atoms with van der Waals surface area (Å²) in [6.07, 6.45) is -0.506. The Morgan fingerprint density at radius 3 is 1.55 bits per heavy atom. The van der Waals surface area contributed by atoms with Gasteiger partial charge in [-0.2, -0.15) is 0 Å². The van der Waals surface area contributed by atoms with Gasteiger partial charge in [0.2, 0.25) is 0 Å². The van der Waals surface area contributed by atoms with E-state index in [0.717, 1.165) is 16.7 Å². The van der Waals surface area contributed by atoms with Crippen molar-refractivity contribution < 1.29 is 14.6 Å². The number of ether oxygens (including phenoxy) is 1. The molecule has 0 heterocycles. The highest BCUT2D eigenvalue weighted by Crippen LogP contribution is 2.37. The molecule has 29 heavy (non-hydrogen) atoms. The zero-order chi connectivity index (χ0) is 20.7. The van der Waals surface area contributed by atoms with Crippen LogP contribution in [0.5, 0.6) is 0 Å². The van der Waals surface area contributed by atoms with E-state index in [4.69, 9.17) is 4.74 Å². The summed E-state index contributed by atoms with van der Waals surface area (Å²) in [5, 5.41) is 13.5. The maximum Gasteiger partial charge on any atom is 0.323 e. The van der Waals surface area contributed by atoms with Crippen molar-refractivity contribution in [1.29, 1.82) is 0 Å². The normalized spacial score (nSPS) is 13.6. The molecule has 0 saturated heterocycles. The first-order valence-corrected chi connectivity index (χ1v) is 9.88. The molecule has 0 saturated carbocycles. The Morgan fingerprint density at radius 2 is 1.24 bits per heavy atom. The standard InChI is InChI=1S/C25H27NO3/c1-3-29-19(2)23(24(27)28)26-25(20-13-7-4-8-14-20,21-15-9-5-10-16-21)22-17-11-6-12-18-22/h4-19,23,26H,3H2,1-2H3,(H,27,28)/t19-,23+/m1/s1. The van der Waals surface area contributed by atoms with Gasteiger partial charge in [0.15, 0.2) is 0 Å². The largest absolute Gasteiger partial charge is 0.480 e. The number of benzene rings is 3. The van der Waals surface area contributed by atoms with E-state index in [2.05, 4.69) is 5.32 Å². The summed E-state index contributed by atoms with van der Waals surface area (Å²) in [4.78, 5) is 12.2. The predicted octanol–water partition coefficient (Wildman–Crippen LogP) is 4.45. The molecule has 0 bridgehead atoms. The van der Waals surface area contributed by atoms with Crippen LogP contribution in [0.3, 0.4) is 0 Å². The lowest BCUT2D eigenvalue weighted by Crippen LogP contribution is -2.56. The van der Waals surface area contributed by atoms with Crippen molar-refractivity contribution in [3.8, 4) is 0 Å². The van der Waals surface area contributed by atoms with Gasteiger partial charge in [0, 0.05) is 6.61 Å². The minimum absolute atomic E-state index is 0.446. The quantitative estimate of drug-likeness (QED) is 0.531. The molecule has 0 fully saturated rings. The van der Waals surface area contributed by atoms with E-state index >= 15 is 0 Å². The van der Waals surface area contributed by atoms with E-state index in [1.807, 2.05) is 97.9 Å². The molecule has 0 aliphatic heterocycles. The van der Waals surface area contributed by atoms with Gasteiger partial charge in [-0.05, 0) is 30.5 Å². The van der Waals surface area contributed by atoms with Crippen LogP contribution in [0.4, 0.5) is 0 Å². The Labute approximate surface area is 172 Å². The second kappa shape index (κ2) is 9.50. The molecule has 4 nitrogen and oxygen atoms in total. The molecule has 150 valence electrons. The molecule has 3 rings (SSSR count). The van der Waals surface area contributed by atoms with Crippen LogP contribution < -0.4 is 5.32 Å². The van der Waals surface area contributed by atoms with Crippen LogP contribution in [-0.4, -0.2) is 29.8 Å². The Balaban J connectivity index is 2.26. The highest BCUT2D eigenvalue weighted by atomic mass is 16.5. The molecule has 0 unspecified atom stereocenters. The fourth-order valence-corrected chi connectivity index (χ4v) is 3.79. The average Bonchev–Trinajstić information content (AvgIpc) is 2.76. The molecule has 4 heteroatoms. The fraction of sp³-hybridized carbons (Fsp3) is 0.240. The second-order valence-corrected chi connectivity index (χ2v) is 6.97. The SMILES string of the molecule is CCO[C@H](C)[C@H](NC(c1ccccc1)(c1ccccc1)c1ccccc1)C(=O)O. The monoisotopic (exact) mass is 389 g/mol. The van der Waals surface area contributed by atoms with E-state index in [1.54, 1.807) is 6.92 Å². The van der Waals surface area contributed by atoms with Gasteiger partial charge in [0.1, 0.15) is 6.04 Å². The van der Waals surface area contributed by atoms with Gasteiger partial charge in [-0.1, -0.05) is 91.0 Å². The van der Waals surface area contributed by atoms with Gasteiger partial charge >= 0.3 is 5.97 Å². The number of carboxylic acid groups (broad SMARTS) is 1. The first-order valence-electron chi connectivity index (χ1n) is 9.88. The molecule has 0 aromatic heterocycles. The van der Waals surface area contributed by atoms with E-state index in [9.17, 15) is 9.90 Å². The van der Waals surface area contributed by atoms with Crippen LogP contribution in [-0.2, 0) is 15.1 Å². The Morgan fingerprint density at radius 1 is 0.862 bits per heavy atom. The molecule has 3 aromatic carbocycles. The fourth-order valence-electron chi connectivity index (χ4n) is 3.79. The molecular formula is C25H27NO3. The summed E-state index contributed by atoms with van der Waals surface area (Å²) in [6, 6.07) is 29.0. The van der Waals surface area contributed by atoms with Crippen LogP contribution >= 0.6 is 0 Å². The van der Waals surface area contributed by atoms with Crippen molar-refractivity contribution in [2.24, 2.45) is 0 Å². The molecule has 0 amide bonds. The molecular weight excluding hydrogens is 362 g/mol. The van der Waals surface area contributed by atoms with Crippen LogP contribution in [0.2, 0.25) is 0 Å². The maximum atomic E-state index is 12.2. The van der Waals surface area contributed by atoms with Gasteiger partial charge in [-0.3, -0.25) is 10.1 Å². The maximum absolute atomic E-state index is 12.2. The van der Waals surface area contributed by atoms with Gasteiger partial charge in [-0.15, -0.1) is 0 Å². The van der Waals surface area contributed by atoms with E-state index in [1.165, 1.54) is 0 Å². The van der Waals surface area contributed by atoms with Crippen LogP contribution in [0.15, 0.2) is 91.0 Å². The minimum Gasteiger partial charge on any atom is -0.480 e. The first kappa shape index (κ1) is 20.8. The number of aliphatic carboxylic acids is 1. The summed E-state index contributed by atoms with van der Waals surface area (Å²) in [5.74, 6) is -0.946. The summed E-state index contributed by atoms with van der Waals surface area (Å²) in [7, 11) is 0. The topological polar surface area (TPSA) is 58.6 Å². The molecule has 3 aromatic rings. The number of hydrogen-bond donors (Lipinski definition) is 2. The molecule has 0 spiro atoms. The third kappa shape index (κ3) is 4.39. The lowest BCUT2D eigenvalue weighted by atomic mass is 9.76. The zero-order valence-corrected chi connectivity index (χ0v) is 16.8. The van der Waals surface area contributed by atoms with Gasteiger partial charge < -0.3 is 9.84 Å². The highest BCUT2D eigenvalue weighted by Gasteiger charge is 2.41. The Hall–Kier alpha value is -2.95. The van der Waals surface area contributed by atoms with Gasteiger partial charge in [0.25, 0.3) is 0 Å². The molecule has 2 atom stereocenters. The molecule has 0 aliphatic carbocycles. The van der Waals surface area contributed by atoms with E-state index < -0.39 is 23.7 Å². The number of rotatable bonds is 9. The number of carbonyl (C=O) groups is 1. The minimum atomic E-state index is -0.946. The van der Waals surface area contributed by atoms with Crippen LogP contribution in [0.25, 0.3) is 0 Å². The van der Waals surface area contributed by atoms with Crippen molar-refractivity contribution in [3.63, 3.8) is 0 Å². The summed E-state index contributed by atoms with van der Waals surface area (Å²) < 4.78 is 5.68. The van der Waals surface area contributed by atoms with Crippen molar-refractivity contribution >= 4 is 5.97 Å². The van der Waals surface area contributed by atoms with Crippen LogP contribution in [0, 0.1) is 0 Å². The third-order valence-corrected chi connectivity index (χ3v) is 5.16. The predicted molar refractivity (Wildman–Crippen MR) is 115 cm³/mol. The lowest BCUT2D eigenvalue weighted by Gasteiger charge is -2.40. The van der Waals surface area contributed by atoms with Crippen molar-refractivity contribution in [3.05, 3.63) is 108 Å². The Bertz CT molecular complexity index is 800. The summed E-state index contributed by atoms with van der Waals surface area (Å²) in [5.41, 5.74) is 2.05. The van der Waals surface area contributed by atoms with Crippen molar-refractivity contribution in [2.75, 3.05) is 6.61 Å². The summed E-state index contributed by atoms with van der Waals surface area (Å²) in [6.45, 7) is 4.11. The number of carboxylic acids is 1. The Kier molecular flexibility index (Phi) is 6.81. The highest BCUT2D eigenvalue weighted by molar-refractivity contribution is 5.75. The van der Waals surface area contributed by atoms with Gasteiger partial charge in [-0.25, -0.2) is 0 Å². The summed E-state index contributed by atoms with van der Waals surface area (Å²) >= 11 is 0. The smallest absolute Gasteiger partial charge is 0.323 e. The average molecular weight is 389 g/mol. The third-order valence-electron chi connectivity index (χ3n) is 5.16. The lowest BCUT2D eigenvalue weighted by molar-refractivity contribution is -0.144. The number of hydrogen-bond acceptors (Lipinski definition) is 3. The van der Waals surface area contributed by atoms with Gasteiger partial charge in [0.05, 0.1) is 11.6 Å².